The molecule has 0 bridgehead atoms. The van der Waals surface area contributed by atoms with Gasteiger partial charge in [0.05, 0.1) is 5.56 Å². The zero-order valence-corrected chi connectivity index (χ0v) is 13.2. The van der Waals surface area contributed by atoms with Crippen molar-refractivity contribution in [3.05, 3.63) is 35.4 Å². The summed E-state index contributed by atoms with van der Waals surface area (Å²) in [6.45, 7) is 3.73. The molecule has 0 aromatic heterocycles. The van der Waals surface area contributed by atoms with Crippen molar-refractivity contribution in [3.63, 3.8) is 0 Å². The number of hydrogen-bond acceptors (Lipinski definition) is 4. The van der Waals surface area contributed by atoms with Gasteiger partial charge in [0.25, 0.3) is 0 Å². The van der Waals surface area contributed by atoms with Crippen molar-refractivity contribution in [2.24, 2.45) is 11.7 Å². The summed E-state index contributed by atoms with van der Waals surface area (Å²) in [5.41, 5.74) is 6.06. The number of aromatic carboxylic acids is 1. The van der Waals surface area contributed by atoms with Crippen LogP contribution in [0.2, 0.25) is 0 Å². The third-order valence-corrected chi connectivity index (χ3v) is 3.30. The van der Waals surface area contributed by atoms with E-state index in [1.54, 1.807) is 12.1 Å². The zero-order valence-electron chi connectivity index (χ0n) is 13.2. The van der Waals surface area contributed by atoms with Crippen molar-refractivity contribution in [2.45, 2.75) is 38.8 Å². The van der Waals surface area contributed by atoms with Gasteiger partial charge in [-0.15, -0.1) is 0 Å². The van der Waals surface area contributed by atoms with Crippen molar-refractivity contribution >= 4 is 17.8 Å². The van der Waals surface area contributed by atoms with Crippen LogP contribution in [-0.2, 0) is 16.0 Å². The topological polar surface area (TPSA) is 130 Å². The lowest BCUT2D eigenvalue weighted by molar-refractivity contribution is -0.133. The largest absolute Gasteiger partial charge is 0.478 e. The van der Waals surface area contributed by atoms with Gasteiger partial charge >= 0.3 is 5.97 Å². The fourth-order valence-electron chi connectivity index (χ4n) is 2.06. The minimum absolute atomic E-state index is 0.120. The summed E-state index contributed by atoms with van der Waals surface area (Å²) in [7, 11) is 0. The van der Waals surface area contributed by atoms with Gasteiger partial charge in [-0.25, -0.2) is 4.79 Å². The van der Waals surface area contributed by atoms with Crippen LogP contribution in [0.25, 0.3) is 0 Å². The van der Waals surface area contributed by atoms with E-state index in [9.17, 15) is 19.5 Å². The lowest BCUT2D eigenvalue weighted by Gasteiger charge is -2.19. The first-order valence-electron chi connectivity index (χ1n) is 7.30. The molecule has 126 valence electrons. The van der Waals surface area contributed by atoms with Gasteiger partial charge in [0, 0.05) is 6.42 Å². The number of carboxylic acid groups (broad SMARTS) is 1. The van der Waals surface area contributed by atoms with Crippen LogP contribution in [0.15, 0.2) is 24.3 Å². The van der Waals surface area contributed by atoms with Gasteiger partial charge in [0.1, 0.15) is 12.1 Å². The van der Waals surface area contributed by atoms with E-state index in [1.165, 1.54) is 12.1 Å². The van der Waals surface area contributed by atoms with Crippen LogP contribution in [-0.4, -0.2) is 40.1 Å². The molecule has 0 saturated carbocycles. The van der Waals surface area contributed by atoms with Crippen LogP contribution in [0.1, 0.15) is 36.2 Å². The molecular weight excluding hydrogens is 300 g/mol. The number of hydrogen-bond donors (Lipinski definition) is 4. The normalized spacial score (nSPS) is 13.4. The second-order valence-electron chi connectivity index (χ2n) is 5.82. The number of aliphatic hydroxyl groups is 1. The molecule has 5 N–H and O–H groups in total. The van der Waals surface area contributed by atoms with Crippen LogP contribution in [0.4, 0.5) is 0 Å². The second-order valence-corrected chi connectivity index (χ2v) is 5.82. The van der Waals surface area contributed by atoms with Gasteiger partial charge in [-0.05, 0) is 30.0 Å². The maximum atomic E-state index is 11.9. The number of carboxylic acids is 1. The van der Waals surface area contributed by atoms with Crippen LogP contribution in [0, 0.1) is 5.92 Å². The first-order valence-corrected chi connectivity index (χ1v) is 7.30. The molecule has 0 aliphatic heterocycles. The van der Waals surface area contributed by atoms with Crippen molar-refractivity contribution in [2.75, 3.05) is 0 Å². The van der Waals surface area contributed by atoms with Crippen molar-refractivity contribution in [1.29, 1.82) is 0 Å². The zero-order chi connectivity index (χ0) is 17.6. The van der Waals surface area contributed by atoms with Gasteiger partial charge in [0.15, 0.2) is 0 Å². The van der Waals surface area contributed by atoms with Gasteiger partial charge in [-0.3, -0.25) is 9.59 Å². The Bertz CT molecular complexity index is 568. The molecule has 2 atom stereocenters. The van der Waals surface area contributed by atoms with E-state index < -0.39 is 29.9 Å². The smallest absolute Gasteiger partial charge is 0.335 e. The first-order chi connectivity index (χ1) is 10.7. The van der Waals surface area contributed by atoms with Crippen molar-refractivity contribution in [3.8, 4) is 0 Å². The minimum atomic E-state index is -1.20. The third kappa shape index (κ3) is 6.07. The van der Waals surface area contributed by atoms with Gasteiger partial charge in [0.2, 0.25) is 11.8 Å². The SMILES string of the molecule is CC(C)C[C@H](O)C(=O)N[C@H](Cc1ccc(C(=O)O)cc1)C(N)=O. The Morgan fingerprint density at radius 2 is 1.74 bits per heavy atom. The second kappa shape index (κ2) is 8.28. The summed E-state index contributed by atoms with van der Waals surface area (Å²) in [4.78, 5) is 34.2. The number of nitrogens with two attached hydrogens (primary N) is 1. The van der Waals surface area contributed by atoms with E-state index in [-0.39, 0.29) is 24.3 Å². The molecule has 0 fully saturated rings. The van der Waals surface area contributed by atoms with Crippen LogP contribution in [0.3, 0.4) is 0 Å². The highest BCUT2D eigenvalue weighted by Gasteiger charge is 2.23. The van der Waals surface area contributed by atoms with E-state index in [0.717, 1.165) is 0 Å². The number of nitrogens with one attached hydrogen (secondary N) is 1. The molecule has 7 nitrogen and oxygen atoms in total. The molecule has 0 heterocycles. The summed E-state index contributed by atoms with van der Waals surface area (Å²) >= 11 is 0. The standard InChI is InChI=1S/C16H22N2O5/c1-9(2)7-13(19)15(21)18-12(14(17)20)8-10-3-5-11(6-4-10)16(22)23/h3-6,9,12-13,19H,7-8H2,1-2H3,(H2,17,20)(H,18,21)(H,22,23)/t12-,13+/m1/s1. The molecule has 0 radical (unpaired) electrons. The predicted molar refractivity (Wildman–Crippen MR) is 83.7 cm³/mol. The van der Waals surface area contributed by atoms with Crippen LogP contribution < -0.4 is 11.1 Å². The molecule has 1 aromatic carbocycles. The highest BCUT2D eigenvalue weighted by Crippen LogP contribution is 2.09. The number of rotatable bonds is 8. The number of benzene rings is 1. The van der Waals surface area contributed by atoms with Crippen molar-refractivity contribution in [1.82, 2.24) is 5.32 Å². The molecule has 23 heavy (non-hydrogen) atoms. The monoisotopic (exact) mass is 322 g/mol. The average Bonchev–Trinajstić information content (AvgIpc) is 2.46. The number of aliphatic hydroxyl groups excluding tert-OH is 1. The van der Waals surface area contributed by atoms with E-state index in [1.807, 2.05) is 13.8 Å². The molecule has 0 unspecified atom stereocenters. The fraction of sp³-hybridized carbons (Fsp3) is 0.438. The Morgan fingerprint density at radius 3 is 2.17 bits per heavy atom. The predicted octanol–water partition coefficient (Wildman–Crippen LogP) is 0.304. The Morgan fingerprint density at radius 1 is 1.17 bits per heavy atom. The molecular formula is C16H22N2O5. The minimum Gasteiger partial charge on any atom is -0.478 e. The molecule has 1 aromatic rings. The molecule has 0 spiro atoms. The lowest BCUT2D eigenvalue weighted by atomic mass is 10.0. The number of carbonyl (C=O) groups is 3. The highest BCUT2D eigenvalue weighted by atomic mass is 16.4. The van der Waals surface area contributed by atoms with Gasteiger partial charge < -0.3 is 21.3 Å². The number of carbonyl (C=O) groups excluding carboxylic acids is 2. The van der Waals surface area contributed by atoms with E-state index >= 15 is 0 Å². The first kappa shape index (κ1) is 18.6. The van der Waals surface area contributed by atoms with Crippen LogP contribution in [0.5, 0.6) is 0 Å². The number of primary amides is 1. The van der Waals surface area contributed by atoms with Gasteiger partial charge in [-0.2, -0.15) is 0 Å². The maximum absolute atomic E-state index is 11.9. The summed E-state index contributed by atoms with van der Waals surface area (Å²) in [5, 5.41) is 21.0. The summed E-state index contributed by atoms with van der Waals surface area (Å²) in [5.74, 6) is -2.29. The Labute approximate surface area is 134 Å². The van der Waals surface area contributed by atoms with E-state index in [2.05, 4.69) is 5.32 Å². The third-order valence-electron chi connectivity index (χ3n) is 3.30. The molecule has 0 aliphatic rings. The highest BCUT2D eigenvalue weighted by molar-refractivity contribution is 5.89. The molecule has 0 aliphatic carbocycles. The average molecular weight is 322 g/mol. The van der Waals surface area contributed by atoms with Gasteiger partial charge in [-0.1, -0.05) is 26.0 Å². The van der Waals surface area contributed by atoms with E-state index in [4.69, 9.17) is 10.8 Å². The Hall–Kier alpha value is -2.41. The molecule has 7 heteroatoms. The molecule has 1 rings (SSSR count). The summed E-state index contributed by atoms with van der Waals surface area (Å²) in [6.07, 6.45) is -0.800. The van der Waals surface area contributed by atoms with E-state index in [0.29, 0.717) is 5.56 Å². The number of amides is 2. The lowest BCUT2D eigenvalue weighted by Crippen LogP contribution is -2.49. The summed E-state index contributed by atoms with van der Waals surface area (Å²) < 4.78 is 0. The van der Waals surface area contributed by atoms with Crippen LogP contribution >= 0.6 is 0 Å². The Kier molecular flexibility index (Phi) is 6.71. The van der Waals surface area contributed by atoms with Crippen molar-refractivity contribution < 1.29 is 24.6 Å². The Balaban J connectivity index is 2.73. The molecule has 0 saturated heterocycles. The fourth-order valence-corrected chi connectivity index (χ4v) is 2.06. The molecule has 2 amide bonds. The maximum Gasteiger partial charge on any atom is 0.335 e. The summed E-state index contributed by atoms with van der Waals surface area (Å²) in [6, 6.07) is 4.95. The quantitative estimate of drug-likeness (QED) is 0.547.